The van der Waals surface area contributed by atoms with E-state index in [1.807, 2.05) is 31.2 Å². The Hall–Kier alpha value is -3.36. The van der Waals surface area contributed by atoms with Crippen molar-refractivity contribution in [3.05, 3.63) is 71.4 Å². The molecular weight excluding hydrogens is 424 g/mol. The van der Waals surface area contributed by atoms with Gasteiger partial charge in [-0.25, -0.2) is 0 Å². The van der Waals surface area contributed by atoms with E-state index in [2.05, 4.69) is 4.90 Å². The number of hydrogen-bond donors (Lipinski definition) is 1. The summed E-state index contributed by atoms with van der Waals surface area (Å²) in [7, 11) is 0. The lowest BCUT2D eigenvalue weighted by Crippen LogP contribution is -2.43. The number of allylic oxidation sites excluding steroid dienone is 1. The molecule has 0 bridgehead atoms. The van der Waals surface area contributed by atoms with Crippen molar-refractivity contribution in [1.29, 1.82) is 0 Å². The molecule has 8 nitrogen and oxygen atoms in total. The van der Waals surface area contributed by atoms with Gasteiger partial charge >= 0.3 is 0 Å². The van der Waals surface area contributed by atoms with Crippen molar-refractivity contribution in [2.45, 2.75) is 13.0 Å². The van der Waals surface area contributed by atoms with E-state index in [-0.39, 0.29) is 5.57 Å². The van der Waals surface area contributed by atoms with E-state index in [0.717, 1.165) is 13.1 Å². The van der Waals surface area contributed by atoms with Crippen molar-refractivity contribution in [1.82, 2.24) is 9.80 Å². The molecule has 1 fully saturated rings. The van der Waals surface area contributed by atoms with Gasteiger partial charge in [-0.1, -0.05) is 12.1 Å². The Kier molecular flexibility index (Phi) is 7.26. The Morgan fingerprint density at radius 2 is 2.03 bits per heavy atom. The summed E-state index contributed by atoms with van der Waals surface area (Å²) in [4.78, 5) is 30.0. The maximum Gasteiger partial charge on any atom is 0.290 e. The van der Waals surface area contributed by atoms with E-state index in [1.54, 1.807) is 17.0 Å². The molecule has 2 aliphatic heterocycles. The minimum absolute atomic E-state index is 0.0541. The van der Waals surface area contributed by atoms with E-state index in [1.165, 1.54) is 18.4 Å². The van der Waals surface area contributed by atoms with Crippen molar-refractivity contribution in [2.75, 3.05) is 46.0 Å². The monoisotopic (exact) mass is 452 g/mol. The number of furan rings is 1. The Morgan fingerprint density at radius 1 is 1.21 bits per heavy atom. The number of carbonyl (C=O) groups is 2. The minimum Gasteiger partial charge on any atom is -0.503 e. The highest BCUT2D eigenvalue weighted by atomic mass is 16.5. The molecule has 2 aromatic rings. The second kappa shape index (κ2) is 10.5. The zero-order valence-electron chi connectivity index (χ0n) is 18.6. The molecule has 0 spiro atoms. The van der Waals surface area contributed by atoms with Gasteiger partial charge < -0.3 is 23.9 Å². The van der Waals surface area contributed by atoms with Gasteiger partial charge in [0.1, 0.15) is 11.5 Å². The molecule has 4 rings (SSSR count). The van der Waals surface area contributed by atoms with Gasteiger partial charge in [0.25, 0.3) is 5.91 Å². The fourth-order valence-corrected chi connectivity index (χ4v) is 4.13. The summed E-state index contributed by atoms with van der Waals surface area (Å²) in [5.74, 6) is -0.368. The molecule has 0 aliphatic carbocycles. The maximum atomic E-state index is 13.2. The molecule has 8 heteroatoms. The third kappa shape index (κ3) is 5.18. The Labute approximate surface area is 192 Å². The van der Waals surface area contributed by atoms with Gasteiger partial charge in [0.15, 0.2) is 11.5 Å². The van der Waals surface area contributed by atoms with Gasteiger partial charge in [-0.2, -0.15) is 0 Å². The maximum absolute atomic E-state index is 13.2. The van der Waals surface area contributed by atoms with Gasteiger partial charge in [0.2, 0.25) is 0 Å². The largest absolute Gasteiger partial charge is 0.503 e. The number of aliphatic hydroxyl groups excluding tert-OH is 1. The lowest BCUT2D eigenvalue weighted by Gasteiger charge is -2.31. The van der Waals surface area contributed by atoms with E-state index < -0.39 is 23.5 Å². The summed E-state index contributed by atoms with van der Waals surface area (Å²) in [5.41, 5.74) is 0.758. The van der Waals surface area contributed by atoms with Crippen LogP contribution in [0.4, 0.5) is 0 Å². The van der Waals surface area contributed by atoms with Crippen molar-refractivity contribution < 1.29 is 28.6 Å². The molecule has 33 heavy (non-hydrogen) atoms. The number of hydrogen-bond acceptors (Lipinski definition) is 7. The number of ketones is 1. The van der Waals surface area contributed by atoms with E-state index >= 15 is 0 Å². The predicted molar refractivity (Wildman–Crippen MR) is 122 cm³/mol. The van der Waals surface area contributed by atoms with Crippen molar-refractivity contribution in [2.24, 2.45) is 0 Å². The SMILES string of the molecule is CCOc1cccc(C2C(C(=O)/C=C/c3ccco3)=C(O)C(=O)N2CCN2CCOCC2)c1. The van der Waals surface area contributed by atoms with Crippen LogP contribution in [0.1, 0.15) is 24.3 Å². The first kappa shape index (κ1) is 22.8. The second-order valence-electron chi connectivity index (χ2n) is 7.84. The van der Waals surface area contributed by atoms with Crippen LogP contribution in [0.2, 0.25) is 0 Å². The first-order valence-electron chi connectivity index (χ1n) is 11.1. The zero-order chi connectivity index (χ0) is 23.2. The van der Waals surface area contributed by atoms with Gasteiger partial charge in [0, 0.05) is 26.2 Å². The molecule has 3 heterocycles. The van der Waals surface area contributed by atoms with Crippen LogP contribution in [0.15, 0.2) is 64.5 Å². The van der Waals surface area contributed by atoms with E-state index in [4.69, 9.17) is 13.9 Å². The molecule has 1 N–H and O–H groups in total. The second-order valence-corrected chi connectivity index (χ2v) is 7.84. The molecule has 1 unspecified atom stereocenters. The number of amides is 1. The van der Waals surface area contributed by atoms with Gasteiger partial charge in [-0.3, -0.25) is 14.5 Å². The third-order valence-electron chi connectivity index (χ3n) is 5.76. The smallest absolute Gasteiger partial charge is 0.290 e. The summed E-state index contributed by atoms with van der Waals surface area (Å²) < 4.78 is 16.3. The first-order valence-corrected chi connectivity index (χ1v) is 11.1. The summed E-state index contributed by atoms with van der Waals surface area (Å²) in [6, 6.07) is 10.0. The Balaban J connectivity index is 1.64. The van der Waals surface area contributed by atoms with Crippen LogP contribution >= 0.6 is 0 Å². The molecule has 1 saturated heterocycles. The number of rotatable bonds is 9. The molecule has 1 amide bonds. The number of aliphatic hydroxyl groups is 1. The van der Waals surface area contributed by atoms with Crippen LogP contribution in [0.3, 0.4) is 0 Å². The number of nitrogens with zero attached hydrogens (tertiary/aromatic N) is 2. The van der Waals surface area contributed by atoms with Crippen molar-refractivity contribution >= 4 is 17.8 Å². The van der Waals surface area contributed by atoms with Crippen LogP contribution in [0, 0.1) is 0 Å². The molecule has 2 aliphatic rings. The Bertz CT molecular complexity index is 1040. The molecule has 1 atom stereocenters. The van der Waals surface area contributed by atoms with Crippen LogP contribution < -0.4 is 4.74 Å². The van der Waals surface area contributed by atoms with Crippen LogP contribution in [0.5, 0.6) is 5.75 Å². The highest BCUT2D eigenvalue weighted by molar-refractivity contribution is 6.14. The van der Waals surface area contributed by atoms with Gasteiger partial charge in [-0.05, 0) is 48.9 Å². The average Bonchev–Trinajstić information content (AvgIpc) is 3.44. The topological polar surface area (TPSA) is 92.5 Å². The molecule has 0 radical (unpaired) electrons. The van der Waals surface area contributed by atoms with Crippen LogP contribution in [0.25, 0.3) is 6.08 Å². The minimum atomic E-state index is -0.715. The standard InChI is InChI=1S/C25H28N2O6/c1-2-32-20-6-3-5-18(17-20)23-22(21(28)9-8-19-7-4-14-33-19)24(29)25(30)27(23)11-10-26-12-15-31-16-13-26/h3-9,14,17,23,29H,2,10-13,15-16H2,1H3/b9-8+. The number of morpholine rings is 1. The lowest BCUT2D eigenvalue weighted by molar-refractivity contribution is -0.129. The summed E-state index contributed by atoms with van der Waals surface area (Å²) in [6.45, 7) is 6.23. The predicted octanol–water partition coefficient (Wildman–Crippen LogP) is 2.99. The van der Waals surface area contributed by atoms with Crippen LogP contribution in [-0.2, 0) is 14.3 Å². The van der Waals surface area contributed by atoms with Gasteiger partial charge in [-0.15, -0.1) is 0 Å². The van der Waals surface area contributed by atoms with Crippen molar-refractivity contribution in [3.8, 4) is 5.75 Å². The van der Waals surface area contributed by atoms with Crippen LogP contribution in [-0.4, -0.2) is 72.6 Å². The Morgan fingerprint density at radius 3 is 2.76 bits per heavy atom. The average molecular weight is 453 g/mol. The molecule has 1 aromatic heterocycles. The summed E-state index contributed by atoms with van der Waals surface area (Å²) in [5, 5.41) is 10.7. The summed E-state index contributed by atoms with van der Waals surface area (Å²) in [6.07, 6.45) is 4.36. The van der Waals surface area contributed by atoms with E-state index in [0.29, 0.717) is 50.0 Å². The number of carbonyl (C=O) groups excluding carboxylic acids is 2. The van der Waals surface area contributed by atoms with Gasteiger partial charge in [0.05, 0.1) is 37.7 Å². The highest BCUT2D eigenvalue weighted by Crippen LogP contribution is 2.39. The zero-order valence-corrected chi connectivity index (χ0v) is 18.6. The third-order valence-corrected chi connectivity index (χ3v) is 5.76. The molecular formula is C25H28N2O6. The summed E-state index contributed by atoms with van der Waals surface area (Å²) >= 11 is 0. The normalized spacial score (nSPS) is 19.6. The number of ether oxygens (including phenoxy) is 2. The fraction of sp³-hybridized carbons (Fsp3) is 0.360. The highest BCUT2D eigenvalue weighted by Gasteiger charge is 2.43. The number of benzene rings is 1. The molecule has 1 aromatic carbocycles. The van der Waals surface area contributed by atoms with Crippen molar-refractivity contribution in [3.63, 3.8) is 0 Å². The molecule has 174 valence electrons. The first-order chi connectivity index (χ1) is 16.1. The molecule has 0 saturated carbocycles. The fourth-order valence-electron chi connectivity index (χ4n) is 4.13. The quantitative estimate of drug-likeness (QED) is 0.585. The lowest BCUT2D eigenvalue weighted by atomic mass is 9.95. The van der Waals surface area contributed by atoms with E-state index in [9.17, 15) is 14.7 Å².